The molecule has 1 aromatic rings. The molecular formula is C17H25N3O2. The molecule has 0 spiro atoms. The van der Waals surface area contributed by atoms with Gasteiger partial charge in [0.05, 0.1) is 18.2 Å². The van der Waals surface area contributed by atoms with Crippen LogP contribution in [0, 0.1) is 17.2 Å². The molecule has 2 N–H and O–H groups in total. The lowest BCUT2D eigenvalue weighted by Crippen LogP contribution is -2.39. The highest BCUT2D eigenvalue weighted by atomic mass is 16.5. The number of β-amino-alcohol motifs (C(OH)–C–C–N with tert-alkyl or cyclic N) is 1. The lowest BCUT2D eigenvalue weighted by atomic mass is 9.97. The Morgan fingerprint density at radius 3 is 2.91 bits per heavy atom. The van der Waals surface area contributed by atoms with E-state index in [1.807, 2.05) is 12.1 Å². The predicted molar refractivity (Wildman–Crippen MR) is 85.8 cm³/mol. The van der Waals surface area contributed by atoms with E-state index in [0.717, 1.165) is 44.4 Å². The zero-order chi connectivity index (χ0) is 15.6. The zero-order valence-corrected chi connectivity index (χ0v) is 13.0. The Bertz CT molecular complexity index is 479. The summed E-state index contributed by atoms with van der Waals surface area (Å²) in [7, 11) is 0. The van der Waals surface area contributed by atoms with Crippen LogP contribution in [-0.2, 0) is 0 Å². The van der Waals surface area contributed by atoms with Crippen molar-refractivity contribution in [2.45, 2.75) is 12.8 Å². The van der Waals surface area contributed by atoms with Crippen molar-refractivity contribution >= 4 is 0 Å². The Hall–Kier alpha value is -1.61. The molecule has 0 aromatic heterocycles. The van der Waals surface area contributed by atoms with Gasteiger partial charge in [-0.25, -0.2) is 0 Å². The minimum Gasteiger partial charge on any atom is -0.492 e. The molecule has 22 heavy (non-hydrogen) atoms. The van der Waals surface area contributed by atoms with Crippen LogP contribution in [0.4, 0.5) is 0 Å². The largest absolute Gasteiger partial charge is 0.492 e. The molecule has 1 fully saturated rings. The Labute approximate surface area is 132 Å². The Balaban J connectivity index is 1.55. The van der Waals surface area contributed by atoms with E-state index in [1.165, 1.54) is 12.8 Å². The molecule has 0 bridgehead atoms. The first-order valence-electron chi connectivity index (χ1n) is 7.98. The SMILES string of the molecule is N#Cc1cccc(OCCNCC2CCN(CCO)CC2)c1. The molecule has 1 heterocycles. The fraction of sp³-hybridized carbons (Fsp3) is 0.588. The molecule has 0 unspecified atom stereocenters. The summed E-state index contributed by atoms with van der Waals surface area (Å²) in [5, 5.41) is 21.2. The summed E-state index contributed by atoms with van der Waals surface area (Å²) in [6.45, 7) is 5.68. The average molecular weight is 303 g/mol. The second-order valence-electron chi connectivity index (χ2n) is 5.70. The summed E-state index contributed by atoms with van der Waals surface area (Å²) in [5.41, 5.74) is 0.625. The van der Waals surface area contributed by atoms with Gasteiger partial charge in [0.25, 0.3) is 0 Å². The molecule has 0 radical (unpaired) electrons. The molecule has 1 aliphatic rings. The second kappa shape index (κ2) is 9.42. The molecule has 1 aromatic carbocycles. The summed E-state index contributed by atoms with van der Waals surface area (Å²) in [6.07, 6.45) is 2.39. The van der Waals surface area contributed by atoms with E-state index in [2.05, 4.69) is 16.3 Å². The van der Waals surface area contributed by atoms with Crippen molar-refractivity contribution < 1.29 is 9.84 Å². The third kappa shape index (κ3) is 5.64. The number of nitrogens with one attached hydrogen (secondary N) is 1. The van der Waals surface area contributed by atoms with Gasteiger partial charge in [0, 0.05) is 13.1 Å². The molecule has 0 atom stereocenters. The van der Waals surface area contributed by atoms with Gasteiger partial charge in [-0.05, 0) is 56.6 Å². The van der Waals surface area contributed by atoms with Gasteiger partial charge in [-0.1, -0.05) is 6.07 Å². The number of piperidine rings is 1. The highest BCUT2D eigenvalue weighted by Crippen LogP contribution is 2.16. The van der Waals surface area contributed by atoms with Crippen LogP contribution in [0.15, 0.2) is 24.3 Å². The van der Waals surface area contributed by atoms with Crippen molar-refractivity contribution in [3.05, 3.63) is 29.8 Å². The number of hydrogen-bond acceptors (Lipinski definition) is 5. The zero-order valence-electron chi connectivity index (χ0n) is 13.0. The summed E-state index contributed by atoms with van der Waals surface area (Å²) in [6, 6.07) is 9.35. The first-order chi connectivity index (χ1) is 10.8. The first-order valence-corrected chi connectivity index (χ1v) is 7.98. The van der Waals surface area contributed by atoms with Crippen molar-refractivity contribution in [2.24, 2.45) is 5.92 Å². The van der Waals surface area contributed by atoms with E-state index in [9.17, 15) is 0 Å². The fourth-order valence-electron chi connectivity index (χ4n) is 2.76. The van der Waals surface area contributed by atoms with E-state index in [4.69, 9.17) is 15.1 Å². The van der Waals surface area contributed by atoms with Crippen LogP contribution in [0.5, 0.6) is 5.75 Å². The van der Waals surface area contributed by atoms with E-state index in [0.29, 0.717) is 12.2 Å². The molecule has 120 valence electrons. The molecule has 0 amide bonds. The number of likely N-dealkylation sites (tertiary alicyclic amines) is 1. The molecule has 5 nitrogen and oxygen atoms in total. The first kappa shape index (κ1) is 16.8. The fourth-order valence-corrected chi connectivity index (χ4v) is 2.76. The van der Waals surface area contributed by atoms with Gasteiger partial charge in [-0.2, -0.15) is 5.26 Å². The third-order valence-corrected chi connectivity index (χ3v) is 4.07. The van der Waals surface area contributed by atoms with Gasteiger partial charge in [0.15, 0.2) is 0 Å². The standard InChI is InChI=1S/C17H25N3O2/c18-13-16-2-1-3-17(12-16)22-11-6-19-14-15-4-7-20(8-5-15)9-10-21/h1-3,12,15,19,21H,4-11,14H2. The highest BCUT2D eigenvalue weighted by molar-refractivity contribution is 5.36. The van der Waals surface area contributed by atoms with Crippen molar-refractivity contribution in [3.8, 4) is 11.8 Å². The van der Waals surface area contributed by atoms with Gasteiger partial charge in [0.1, 0.15) is 12.4 Å². The van der Waals surface area contributed by atoms with Gasteiger partial charge in [-0.3, -0.25) is 0 Å². The summed E-state index contributed by atoms with van der Waals surface area (Å²) in [4.78, 5) is 2.32. The number of benzene rings is 1. The predicted octanol–water partition coefficient (Wildman–Crippen LogP) is 1.23. The van der Waals surface area contributed by atoms with Gasteiger partial charge in [0.2, 0.25) is 0 Å². The number of hydrogen-bond donors (Lipinski definition) is 2. The number of nitriles is 1. The summed E-state index contributed by atoms with van der Waals surface area (Å²) in [5.74, 6) is 1.47. The third-order valence-electron chi connectivity index (χ3n) is 4.07. The maximum Gasteiger partial charge on any atom is 0.120 e. The topological polar surface area (TPSA) is 68.5 Å². The normalized spacial score (nSPS) is 16.4. The van der Waals surface area contributed by atoms with Crippen molar-refractivity contribution in [1.82, 2.24) is 10.2 Å². The summed E-state index contributed by atoms with van der Waals surface area (Å²) >= 11 is 0. The lowest BCUT2D eigenvalue weighted by Gasteiger charge is -2.31. The minimum absolute atomic E-state index is 0.257. The van der Waals surface area contributed by atoms with E-state index >= 15 is 0 Å². The van der Waals surface area contributed by atoms with Crippen LogP contribution < -0.4 is 10.1 Å². The maximum absolute atomic E-state index is 8.93. The second-order valence-corrected chi connectivity index (χ2v) is 5.70. The molecule has 2 rings (SSSR count). The number of nitrogens with zero attached hydrogens (tertiary/aromatic N) is 2. The van der Waals surface area contributed by atoms with Gasteiger partial charge < -0.3 is 20.1 Å². The van der Waals surface area contributed by atoms with Crippen LogP contribution in [-0.4, -0.2) is 55.9 Å². The van der Waals surface area contributed by atoms with Crippen molar-refractivity contribution in [3.63, 3.8) is 0 Å². The van der Waals surface area contributed by atoms with Crippen LogP contribution in [0.1, 0.15) is 18.4 Å². The number of rotatable bonds is 8. The molecule has 1 saturated heterocycles. The van der Waals surface area contributed by atoms with Crippen LogP contribution in [0.25, 0.3) is 0 Å². The monoisotopic (exact) mass is 303 g/mol. The van der Waals surface area contributed by atoms with Crippen LogP contribution >= 0.6 is 0 Å². The quantitative estimate of drug-likeness (QED) is 0.707. The van der Waals surface area contributed by atoms with E-state index in [-0.39, 0.29) is 6.61 Å². The van der Waals surface area contributed by atoms with E-state index < -0.39 is 0 Å². The number of aliphatic hydroxyl groups is 1. The lowest BCUT2D eigenvalue weighted by molar-refractivity contribution is 0.146. The van der Waals surface area contributed by atoms with Gasteiger partial charge >= 0.3 is 0 Å². The average Bonchev–Trinajstić information content (AvgIpc) is 2.56. The Morgan fingerprint density at radius 2 is 2.18 bits per heavy atom. The van der Waals surface area contributed by atoms with Crippen LogP contribution in [0.2, 0.25) is 0 Å². The Kier molecular flexibility index (Phi) is 7.17. The molecule has 1 aliphatic heterocycles. The van der Waals surface area contributed by atoms with Crippen LogP contribution in [0.3, 0.4) is 0 Å². The minimum atomic E-state index is 0.257. The maximum atomic E-state index is 8.93. The molecular weight excluding hydrogens is 278 g/mol. The molecule has 0 saturated carbocycles. The van der Waals surface area contributed by atoms with Crippen molar-refractivity contribution in [1.29, 1.82) is 5.26 Å². The number of ether oxygens (including phenoxy) is 1. The van der Waals surface area contributed by atoms with E-state index in [1.54, 1.807) is 12.1 Å². The highest BCUT2D eigenvalue weighted by Gasteiger charge is 2.17. The Morgan fingerprint density at radius 1 is 1.36 bits per heavy atom. The number of aliphatic hydroxyl groups excluding tert-OH is 1. The van der Waals surface area contributed by atoms with Gasteiger partial charge in [-0.15, -0.1) is 0 Å². The molecule has 5 heteroatoms. The molecule has 0 aliphatic carbocycles. The smallest absolute Gasteiger partial charge is 0.120 e. The summed E-state index contributed by atoms with van der Waals surface area (Å²) < 4.78 is 5.64. The van der Waals surface area contributed by atoms with Crippen molar-refractivity contribution in [2.75, 3.05) is 45.9 Å².